The van der Waals surface area contributed by atoms with Crippen molar-refractivity contribution in [2.45, 2.75) is 26.2 Å². The quantitative estimate of drug-likeness (QED) is 0.883. The van der Waals surface area contributed by atoms with Crippen molar-refractivity contribution in [2.75, 3.05) is 42.9 Å². The fourth-order valence-corrected chi connectivity index (χ4v) is 4.02. The summed E-state index contributed by atoms with van der Waals surface area (Å²) < 4.78 is 1.80. The van der Waals surface area contributed by atoms with Crippen LogP contribution in [0.5, 0.6) is 0 Å². The molecule has 4 rings (SSSR count). The minimum absolute atomic E-state index is 0.0652. The van der Waals surface area contributed by atoms with Gasteiger partial charge >= 0.3 is 0 Å². The van der Waals surface area contributed by atoms with Crippen LogP contribution < -0.4 is 10.2 Å². The first-order valence-electron chi connectivity index (χ1n) is 9.92. The summed E-state index contributed by atoms with van der Waals surface area (Å²) >= 11 is 0. The Morgan fingerprint density at radius 2 is 2.04 bits per heavy atom. The first-order chi connectivity index (χ1) is 13.0. The Labute approximate surface area is 161 Å². The van der Waals surface area contributed by atoms with Crippen LogP contribution in [0.25, 0.3) is 0 Å². The molecule has 2 aliphatic rings. The van der Waals surface area contributed by atoms with Gasteiger partial charge in [-0.3, -0.25) is 9.48 Å². The molecule has 1 aliphatic heterocycles. The number of hydrogen-bond acceptors (Lipinski definition) is 4. The van der Waals surface area contributed by atoms with Gasteiger partial charge in [0.25, 0.3) is 0 Å². The van der Waals surface area contributed by atoms with Crippen molar-refractivity contribution >= 4 is 17.3 Å². The summed E-state index contributed by atoms with van der Waals surface area (Å²) in [6.45, 7) is 9.78. The summed E-state index contributed by atoms with van der Waals surface area (Å²) in [6, 6.07) is 6.38. The highest BCUT2D eigenvalue weighted by atomic mass is 16.2. The van der Waals surface area contributed by atoms with Gasteiger partial charge in [0.1, 0.15) is 0 Å². The Bertz CT molecular complexity index is 822. The molecule has 144 valence electrons. The predicted molar refractivity (Wildman–Crippen MR) is 108 cm³/mol. The van der Waals surface area contributed by atoms with Crippen molar-refractivity contribution < 1.29 is 4.79 Å². The van der Waals surface area contributed by atoms with Gasteiger partial charge < -0.3 is 15.1 Å². The second kappa shape index (κ2) is 7.35. The first-order valence-corrected chi connectivity index (χ1v) is 9.92. The molecule has 1 amide bonds. The van der Waals surface area contributed by atoms with E-state index in [0.29, 0.717) is 5.92 Å². The first kappa shape index (κ1) is 18.0. The average molecular weight is 367 g/mol. The molecule has 6 heteroatoms. The molecule has 2 fully saturated rings. The Kier molecular flexibility index (Phi) is 4.91. The number of hydrogen-bond donors (Lipinski definition) is 1. The van der Waals surface area contributed by atoms with E-state index in [0.717, 1.165) is 56.0 Å². The maximum absolute atomic E-state index is 12.6. The SMILES string of the molecule is CCN1CCN(c2ccc(NC(=O)C3CC3c3cnn(C)c3)c(C)c2)CC1. The largest absolute Gasteiger partial charge is 0.369 e. The van der Waals surface area contributed by atoms with E-state index in [-0.39, 0.29) is 11.8 Å². The van der Waals surface area contributed by atoms with Crippen LogP contribution >= 0.6 is 0 Å². The number of piperazine rings is 1. The molecule has 1 N–H and O–H groups in total. The maximum atomic E-state index is 12.6. The lowest BCUT2D eigenvalue weighted by Gasteiger charge is -2.35. The van der Waals surface area contributed by atoms with Gasteiger partial charge in [-0.25, -0.2) is 0 Å². The number of aryl methyl sites for hydroxylation is 2. The third-order valence-corrected chi connectivity index (χ3v) is 5.93. The summed E-state index contributed by atoms with van der Waals surface area (Å²) in [5.74, 6) is 0.500. The van der Waals surface area contributed by atoms with E-state index in [1.54, 1.807) is 4.68 Å². The minimum atomic E-state index is 0.0652. The molecule has 2 atom stereocenters. The fourth-order valence-electron chi connectivity index (χ4n) is 4.02. The molecule has 2 heterocycles. The lowest BCUT2D eigenvalue weighted by atomic mass is 10.1. The molecule has 1 aliphatic carbocycles. The second-order valence-electron chi connectivity index (χ2n) is 7.81. The summed E-state index contributed by atoms with van der Waals surface area (Å²) in [5, 5.41) is 7.34. The standard InChI is InChI=1S/C21H29N5O/c1-4-25-7-9-26(10-8-25)17-5-6-20(15(2)11-17)23-21(27)19-12-18(19)16-13-22-24(3)14-16/h5-6,11,13-14,18-19H,4,7-10,12H2,1-3H3,(H,23,27). The van der Waals surface area contributed by atoms with Gasteiger partial charge in [0.05, 0.1) is 6.20 Å². The number of amides is 1. The summed E-state index contributed by atoms with van der Waals surface area (Å²) in [7, 11) is 1.91. The van der Waals surface area contributed by atoms with Crippen LogP contribution in [0.1, 0.15) is 30.4 Å². The van der Waals surface area contributed by atoms with Gasteiger partial charge in [-0.1, -0.05) is 6.92 Å². The van der Waals surface area contributed by atoms with Crippen molar-refractivity contribution in [3.8, 4) is 0 Å². The highest BCUT2D eigenvalue weighted by molar-refractivity contribution is 5.96. The van der Waals surface area contributed by atoms with Crippen LogP contribution in [0.4, 0.5) is 11.4 Å². The highest BCUT2D eigenvalue weighted by Gasteiger charge is 2.44. The molecule has 1 saturated heterocycles. The Morgan fingerprint density at radius 1 is 1.26 bits per heavy atom. The number of carbonyl (C=O) groups is 1. The van der Waals surface area contributed by atoms with Gasteiger partial charge in [0.15, 0.2) is 0 Å². The molecule has 0 spiro atoms. The smallest absolute Gasteiger partial charge is 0.228 e. The van der Waals surface area contributed by atoms with E-state index in [4.69, 9.17) is 0 Å². The number of carbonyl (C=O) groups excluding carboxylic acids is 1. The van der Waals surface area contributed by atoms with Crippen LogP contribution in [-0.4, -0.2) is 53.3 Å². The number of nitrogens with one attached hydrogen (secondary N) is 1. The van der Waals surface area contributed by atoms with Crippen molar-refractivity contribution in [1.29, 1.82) is 0 Å². The third kappa shape index (κ3) is 3.86. The van der Waals surface area contributed by atoms with Crippen LogP contribution in [0.3, 0.4) is 0 Å². The molecule has 2 aromatic rings. The normalized spacial score (nSPS) is 22.7. The second-order valence-corrected chi connectivity index (χ2v) is 7.81. The zero-order chi connectivity index (χ0) is 19.0. The highest BCUT2D eigenvalue weighted by Crippen LogP contribution is 2.47. The maximum Gasteiger partial charge on any atom is 0.228 e. The molecular weight excluding hydrogens is 338 g/mol. The van der Waals surface area contributed by atoms with E-state index in [1.165, 1.54) is 5.69 Å². The molecule has 1 saturated carbocycles. The lowest BCUT2D eigenvalue weighted by Crippen LogP contribution is -2.46. The number of anilines is 2. The Hall–Kier alpha value is -2.34. The zero-order valence-electron chi connectivity index (χ0n) is 16.5. The number of benzene rings is 1. The van der Waals surface area contributed by atoms with Crippen LogP contribution in [0.15, 0.2) is 30.6 Å². The molecule has 27 heavy (non-hydrogen) atoms. The third-order valence-electron chi connectivity index (χ3n) is 5.93. The average Bonchev–Trinajstić information content (AvgIpc) is 3.37. The van der Waals surface area contributed by atoms with E-state index in [9.17, 15) is 4.79 Å². The molecule has 6 nitrogen and oxygen atoms in total. The van der Waals surface area contributed by atoms with E-state index in [2.05, 4.69) is 52.3 Å². The number of nitrogens with zero attached hydrogens (tertiary/aromatic N) is 4. The van der Waals surface area contributed by atoms with Gasteiger partial charge in [0.2, 0.25) is 5.91 Å². The molecular formula is C21H29N5O. The van der Waals surface area contributed by atoms with Crippen LogP contribution in [0.2, 0.25) is 0 Å². The monoisotopic (exact) mass is 367 g/mol. The van der Waals surface area contributed by atoms with E-state index >= 15 is 0 Å². The van der Waals surface area contributed by atoms with Crippen molar-refractivity contribution in [2.24, 2.45) is 13.0 Å². The lowest BCUT2D eigenvalue weighted by molar-refractivity contribution is -0.117. The van der Waals surface area contributed by atoms with Gasteiger partial charge in [-0.05, 0) is 55.1 Å². The zero-order valence-corrected chi connectivity index (χ0v) is 16.5. The number of aromatic nitrogens is 2. The molecule has 1 aromatic heterocycles. The summed E-state index contributed by atoms with van der Waals surface area (Å²) in [5.41, 5.74) is 4.46. The van der Waals surface area contributed by atoms with E-state index < -0.39 is 0 Å². The van der Waals surface area contributed by atoms with Gasteiger partial charge in [0, 0.05) is 56.7 Å². The number of likely N-dealkylation sites (N-methyl/N-ethyl adjacent to an activating group) is 1. The predicted octanol–water partition coefficient (Wildman–Crippen LogP) is 2.61. The van der Waals surface area contributed by atoms with Crippen molar-refractivity contribution in [1.82, 2.24) is 14.7 Å². The number of rotatable bonds is 5. The van der Waals surface area contributed by atoms with Crippen molar-refractivity contribution in [3.63, 3.8) is 0 Å². The summed E-state index contributed by atoms with van der Waals surface area (Å²) in [6.07, 6.45) is 4.79. The van der Waals surface area contributed by atoms with Crippen molar-refractivity contribution in [3.05, 3.63) is 41.7 Å². The van der Waals surface area contributed by atoms with Gasteiger partial charge in [-0.2, -0.15) is 5.10 Å². The topological polar surface area (TPSA) is 53.4 Å². The van der Waals surface area contributed by atoms with Gasteiger partial charge in [-0.15, -0.1) is 0 Å². The molecule has 0 bridgehead atoms. The van der Waals surface area contributed by atoms with Crippen LogP contribution in [-0.2, 0) is 11.8 Å². The molecule has 0 radical (unpaired) electrons. The summed E-state index contributed by atoms with van der Waals surface area (Å²) in [4.78, 5) is 17.5. The fraction of sp³-hybridized carbons (Fsp3) is 0.524. The Balaban J connectivity index is 1.36. The molecule has 2 unspecified atom stereocenters. The Morgan fingerprint density at radius 3 is 2.67 bits per heavy atom. The van der Waals surface area contributed by atoms with E-state index in [1.807, 2.05) is 19.4 Å². The molecule has 1 aromatic carbocycles. The van der Waals surface area contributed by atoms with Crippen LogP contribution in [0, 0.1) is 12.8 Å². The minimum Gasteiger partial charge on any atom is -0.369 e.